The van der Waals surface area contributed by atoms with Crippen LogP contribution < -0.4 is 11.0 Å². The molecule has 0 bridgehead atoms. The predicted molar refractivity (Wildman–Crippen MR) is 69.5 cm³/mol. The number of hydrogen-bond donors (Lipinski definition) is 0. The Morgan fingerprint density at radius 1 is 0.833 bits per heavy atom. The monoisotopic (exact) mass is 234 g/mol. The maximum atomic E-state index is 12.0. The SMILES string of the molecule is O=c1ccc2ccc3cncc3c3c(=O)nc1c23. The van der Waals surface area contributed by atoms with Crippen molar-refractivity contribution < 1.29 is 0 Å². The average molecular weight is 234 g/mol. The van der Waals surface area contributed by atoms with E-state index in [1.165, 1.54) is 6.07 Å². The summed E-state index contributed by atoms with van der Waals surface area (Å²) in [7, 11) is 0. The molecule has 18 heavy (non-hydrogen) atoms. The fourth-order valence-corrected chi connectivity index (χ4v) is 2.47. The van der Waals surface area contributed by atoms with Gasteiger partial charge in [0.05, 0.1) is 5.39 Å². The van der Waals surface area contributed by atoms with Gasteiger partial charge in [0.2, 0.25) is 5.43 Å². The molecule has 0 atom stereocenters. The molecule has 0 spiro atoms. The Kier molecular flexibility index (Phi) is 1.56. The van der Waals surface area contributed by atoms with Gasteiger partial charge in [-0.3, -0.25) is 14.6 Å². The van der Waals surface area contributed by atoms with Gasteiger partial charge in [0.15, 0.2) is 0 Å². The first-order chi connectivity index (χ1) is 8.75. The summed E-state index contributed by atoms with van der Waals surface area (Å²) < 4.78 is 0. The smallest absolute Gasteiger partial charge is 0.279 e. The van der Waals surface area contributed by atoms with Crippen molar-refractivity contribution >= 4 is 32.4 Å². The summed E-state index contributed by atoms with van der Waals surface area (Å²) >= 11 is 0. The molecule has 0 aliphatic rings. The van der Waals surface area contributed by atoms with Gasteiger partial charge in [-0.2, -0.15) is 0 Å². The quantitative estimate of drug-likeness (QED) is 0.463. The molecule has 2 aromatic carbocycles. The summed E-state index contributed by atoms with van der Waals surface area (Å²) in [5.41, 5.74) is -0.313. The Balaban J connectivity index is 2.58. The molecule has 2 aromatic heterocycles. The van der Waals surface area contributed by atoms with Crippen LogP contribution in [0.2, 0.25) is 0 Å². The second-order valence-corrected chi connectivity index (χ2v) is 4.28. The Morgan fingerprint density at radius 3 is 2.50 bits per heavy atom. The van der Waals surface area contributed by atoms with E-state index < -0.39 is 0 Å². The highest BCUT2D eigenvalue weighted by molar-refractivity contribution is 6.18. The summed E-state index contributed by atoms with van der Waals surface area (Å²) in [6.45, 7) is 0. The molecule has 0 saturated carbocycles. The van der Waals surface area contributed by atoms with Gasteiger partial charge in [-0.25, -0.2) is 4.98 Å². The van der Waals surface area contributed by atoms with E-state index in [-0.39, 0.29) is 16.5 Å². The van der Waals surface area contributed by atoms with Crippen LogP contribution in [0.1, 0.15) is 0 Å². The third-order valence-electron chi connectivity index (χ3n) is 3.29. The summed E-state index contributed by atoms with van der Waals surface area (Å²) in [6, 6.07) is 6.97. The van der Waals surface area contributed by atoms with Crippen molar-refractivity contribution in [1.82, 2.24) is 9.97 Å². The lowest BCUT2D eigenvalue weighted by Gasteiger charge is -1.89. The van der Waals surface area contributed by atoms with Crippen LogP contribution in [0.15, 0.2) is 46.2 Å². The van der Waals surface area contributed by atoms with Crippen LogP contribution >= 0.6 is 0 Å². The third kappa shape index (κ3) is 0.996. The standard InChI is InChI=1S/C14H6N2O2/c17-10-4-3-7-1-2-8-5-15-6-9(8)12-11(7)13(10)16-14(12)18/h1-6H. The topological polar surface area (TPSA) is 59.9 Å². The van der Waals surface area contributed by atoms with Crippen LogP contribution in [0.25, 0.3) is 32.4 Å². The second kappa shape index (κ2) is 2.98. The second-order valence-electron chi connectivity index (χ2n) is 4.28. The highest BCUT2D eigenvalue weighted by Gasteiger charge is 2.14. The first-order valence-electron chi connectivity index (χ1n) is 5.52. The lowest BCUT2D eigenvalue weighted by atomic mass is 10.1. The zero-order chi connectivity index (χ0) is 12.3. The maximum absolute atomic E-state index is 12.0. The molecule has 0 N–H and O–H groups in total. The lowest BCUT2D eigenvalue weighted by molar-refractivity contribution is 1.37. The number of fused-ring (bicyclic) bond motifs is 2. The van der Waals surface area contributed by atoms with E-state index in [0.29, 0.717) is 10.8 Å². The Labute approximate surface area is 100 Å². The van der Waals surface area contributed by atoms with Gasteiger partial charge in [-0.15, -0.1) is 0 Å². The van der Waals surface area contributed by atoms with Gasteiger partial charge < -0.3 is 0 Å². The summed E-state index contributed by atoms with van der Waals surface area (Å²) in [4.78, 5) is 31.7. The Morgan fingerprint density at radius 2 is 1.61 bits per heavy atom. The van der Waals surface area contributed by atoms with E-state index in [4.69, 9.17) is 0 Å². The Hall–Kier alpha value is -2.62. The molecule has 0 unspecified atom stereocenters. The van der Waals surface area contributed by atoms with E-state index >= 15 is 0 Å². The van der Waals surface area contributed by atoms with Crippen molar-refractivity contribution in [3.63, 3.8) is 0 Å². The molecule has 0 saturated heterocycles. The van der Waals surface area contributed by atoms with E-state index in [1.54, 1.807) is 18.5 Å². The van der Waals surface area contributed by atoms with Gasteiger partial charge in [0.25, 0.3) is 5.56 Å². The average Bonchev–Trinajstić information content (AvgIpc) is 2.89. The summed E-state index contributed by atoms with van der Waals surface area (Å²) in [5, 5.41) is 3.63. The van der Waals surface area contributed by atoms with Crippen LogP contribution in [0, 0.1) is 0 Å². The van der Waals surface area contributed by atoms with Gasteiger partial charge >= 0.3 is 0 Å². The molecule has 4 aromatic rings. The minimum absolute atomic E-state index is 0.214. The van der Waals surface area contributed by atoms with Gasteiger partial charge in [0, 0.05) is 28.6 Å². The predicted octanol–water partition coefficient (Wildman–Crippen LogP) is 1.53. The highest BCUT2D eigenvalue weighted by Crippen LogP contribution is 2.26. The zero-order valence-electron chi connectivity index (χ0n) is 9.18. The number of rotatable bonds is 0. The van der Waals surface area contributed by atoms with Crippen LogP contribution in [-0.2, 0) is 0 Å². The molecule has 0 amide bonds. The molecular weight excluding hydrogens is 228 g/mol. The van der Waals surface area contributed by atoms with Gasteiger partial charge in [-0.05, 0) is 11.5 Å². The number of nitrogens with zero attached hydrogens (tertiary/aromatic N) is 2. The van der Waals surface area contributed by atoms with Crippen LogP contribution in [0.4, 0.5) is 0 Å². The molecule has 0 fully saturated rings. The minimum atomic E-state index is -0.354. The van der Waals surface area contributed by atoms with E-state index in [9.17, 15) is 9.59 Å². The normalized spacial score (nSPS) is 11.8. The molecule has 84 valence electrons. The van der Waals surface area contributed by atoms with E-state index in [0.717, 1.165) is 16.2 Å². The van der Waals surface area contributed by atoms with E-state index in [2.05, 4.69) is 9.97 Å². The number of hydrogen-bond acceptors (Lipinski definition) is 4. The molecule has 4 nitrogen and oxygen atoms in total. The molecule has 0 aliphatic heterocycles. The van der Waals surface area contributed by atoms with Crippen molar-refractivity contribution in [1.29, 1.82) is 0 Å². The molecule has 4 heteroatoms. The van der Waals surface area contributed by atoms with Crippen molar-refractivity contribution in [2.75, 3.05) is 0 Å². The van der Waals surface area contributed by atoms with E-state index in [1.807, 2.05) is 12.1 Å². The summed E-state index contributed by atoms with van der Waals surface area (Å²) in [6.07, 6.45) is 3.35. The molecule has 2 heterocycles. The fraction of sp³-hybridized carbons (Fsp3) is 0. The summed E-state index contributed by atoms with van der Waals surface area (Å²) in [5.74, 6) is 0. The van der Waals surface area contributed by atoms with Crippen LogP contribution in [0.3, 0.4) is 0 Å². The molecule has 0 aliphatic carbocycles. The number of aromatic nitrogens is 2. The first-order valence-corrected chi connectivity index (χ1v) is 5.52. The van der Waals surface area contributed by atoms with Gasteiger partial charge in [-0.1, -0.05) is 18.2 Å². The third-order valence-corrected chi connectivity index (χ3v) is 3.29. The van der Waals surface area contributed by atoms with Crippen molar-refractivity contribution in [2.45, 2.75) is 0 Å². The maximum Gasteiger partial charge on any atom is 0.279 e. The fourth-order valence-electron chi connectivity index (χ4n) is 2.47. The molecular formula is C14H6N2O2. The zero-order valence-corrected chi connectivity index (χ0v) is 9.18. The minimum Gasteiger partial charge on any atom is -0.288 e. The van der Waals surface area contributed by atoms with Crippen molar-refractivity contribution in [3.8, 4) is 0 Å². The van der Waals surface area contributed by atoms with Crippen LogP contribution in [0.5, 0.6) is 0 Å². The highest BCUT2D eigenvalue weighted by atomic mass is 16.1. The first kappa shape index (κ1) is 9.41. The lowest BCUT2D eigenvalue weighted by Crippen LogP contribution is -2.01. The number of benzene rings is 1. The largest absolute Gasteiger partial charge is 0.288 e. The van der Waals surface area contributed by atoms with Gasteiger partial charge in [0.1, 0.15) is 5.52 Å². The van der Waals surface area contributed by atoms with Crippen molar-refractivity contribution in [2.24, 2.45) is 0 Å². The molecule has 0 radical (unpaired) electrons. The molecule has 4 rings (SSSR count). The van der Waals surface area contributed by atoms with Crippen LogP contribution in [-0.4, -0.2) is 9.97 Å². The Bertz CT molecular complexity index is 1010. The van der Waals surface area contributed by atoms with Crippen molar-refractivity contribution in [3.05, 3.63) is 57.2 Å².